The van der Waals surface area contributed by atoms with E-state index < -0.39 is 0 Å². The van der Waals surface area contributed by atoms with E-state index in [2.05, 4.69) is 17.7 Å². The highest BCUT2D eigenvalue weighted by Gasteiger charge is 1.81. The van der Waals surface area contributed by atoms with Crippen molar-refractivity contribution in [3.05, 3.63) is 0 Å². The molecule has 9 heavy (non-hydrogen) atoms. The van der Waals surface area contributed by atoms with Crippen LogP contribution in [0.5, 0.6) is 0 Å². The smallest absolute Gasteiger partial charge is 0.0653 e. The molecule has 0 bridgehead atoms. The van der Waals surface area contributed by atoms with Crippen molar-refractivity contribution in [3.8, 4) is 0 Å². The molecule has 0 aliphatic carbocycles. The van der Waals surface area contributed by atoms with Gasteiger partial charge in [-0.25, -0.2) is 5.48 Å². The summed E-state index contributed by atoms with van der Waals surface area (Å²) in [5, 5.41) is 3.16. The van der Waals surface area contributed by atoms with E-state index in [1.165, 1.54) is 0 Å². The Morgan fingerprint density at radius 2 is 2.00 bits per heavy atom. The van der Waals surface area contributed by atoms with Gasteiger partial charge in [0, 0.05) is 13.1 Å². The summed E-state index contributed by atoms with van der Waals surface area (Å²) in [6.07, 6.45) is 0. The van der Waals surface area contributed by atoms with Gasteiger partial charge < -0.3 is 10.2 Å². The van der Waals surface area contributed by atoms with Crippen LogP contribution in [0.25, 0.3) is 0 Å². The lowest BCUT2D eigenvalue weighted by molar-refractivity contribution is 0.0519. The molecule has 0 saturated carbocycles. The predicted molar refractivity (Wildman–Crippen MR) is 38.2 cm³/mol. The van der Waals surface area contributed by atoms with Crippen LogP contribution < -0.4 is 10.8 Å². The SMILES string of the molecule is CCNCCNOCC. The number of rotatable bonds is 6. The highest BCUT2D eigenvalue weighted by molar-refractivity contribution is 4.41. The fraction of sp³-hybridized carbons (Fsp3) is 1.00. The van der Waals surface area contributed by atoms with Crippen LogP contribution in [0.1, 0.15) is 13.8 Å². The molecule has 0 spiro atoms. The molecule has 2 N–H and O–H groups in total. The lowest BCUT2D eigenvalue weighted by atomic mass is 10.6. The zero-order valence-electron chi connectivity index (χ0n) is 6.24. The summed E-state index contributed by atoms with van der Waals surface area (Å²) in [7, 11) is 0. The molecular weight excluding hydrogens is 116 g/mol. The van der Waals surface area contributed by atoms with Crippen molar-refractivity contribution >= 4 is 0 Å². The number of likely N-dealkylation sites (N-methyl/N-ethyl adjacent to an activating group) is 1. The molecule has 0 aromatic heterocycles. The van der Waals surface area contributed by atoms with Crippen molar-refractivity contribution in [3.63, 3.8) is 0 Å². The molecule has 0 unspecified atom stereocenters. The molecular formula is C6H16N2O. The van der Waals surface area contributed by atoms with Gasteiger partial charge in [0.05, 0.1) is 6.61 Å². The third kappa shape index (κ3) is 7.88. The number of nitrogens with one attached hydrogen (secondary N) is 2. The maximum atomic E-state index is 4.89. The Morgan fingerprint density at radius 1 is 1.22 bits per heavy atom. The minimum absolute atomic E-state index is 0.728. The largest absolute Gasteiger partial charge is 0.316 e. The zero-order chi connectivity index (χ0) is 6.95. The molecule has 56 valence electrons. The van der Waals surface area contributed by atoms with Crippen molar-refractivity contribution in [2.24, 2.45) is 0 Å². The van der Waals surface area contributed by atoms with Gasteiger partial charge in [-0.15, -0.1) is 0 Å². The van der Waals surface area contributed by atoms with Gasteiger partial charge in [-0.3, -0.25) is 0 Å². The highest BCUT2D eigenvalue weighted by Crippen LogP contribution is 1.62. The summed E-state index contributed by atoms with van der Waals surface area (Å²) in [5.74, 6) is 0. The van der Waals surface area contributed by atoms with Crippen molar-refractivity contribution < 1.29 is 4.84 Å². The Balaban J connectivity index is 2.60. The fourth-order valence-corrected chi connectivity index (χ4v) is 0.490. The Bertz CT molecular complexity index is 44.3. The average molecular weight is 132 g/mol. The second-order valence-corrected chi connectivity index (χ2v) is 1.68. The third-order valence-electron chi connectivity index (χ3n) is 0.900. The van der Waals surface area contributed by atoms with Gasteiger partial charge in [0.25, 0.3) is 0 Å². The number of hydrogen-bond acceptors (Lipinski definition) is 3. The van der Waals surface area contributed by atoms with Gasteiger partial charge in [-0.05, 0) is 13.5 Å². The maximum absolute atomic E-state index is 4.89. The van der Waals surface area contributed by atoms with Crippen LogP contribution in [0.3, 0.4) is 0 Å². The van der Waals surface area contributed by atoms with Crippen molar-refractivity contribution in [1.82, 2.24) is 10.8 Å². The molecule has 3 nitrogen and oxygen atoms in total. The molecule has 0 saturated heterocycles. The molecule has 0 aliphatic rings. The summed E-state index contributed by atoms with van der Waals surface area (Å²) in [6.45, 7) is 7.64. The van der Waals surface area contributed by atoms with Crippen LogP contribution >= 0.6 is 0 Å². The second kappa shape index (κ2) is 7.88. The summed E-state index contributed by atoms with van der Waals surface area (Å²) >= 11 is 0. The molecule has 3 heteroatoms. The molecule has 0 amide bonds. The lowest BCUT2D eigenvalue weighted by Crippen LogP contribution is -2.27. The first kappa shape index (κ1) is 8.88. The van der Waals surface area contributed by atoms with E-state index in [4.69, 9.17) is 4.84 Å². The molecule has 0 radical (unpaired) electrons. The molecule has 0 aromatic carbocycles. The van der Waals surface area contributed by atoms with Gasteiger partial charge >= 0.3 is 0 Å². The van der Waals surface area contributed by atoms with Crippen molar-refractivity contribution in [2.45, 2.75) is 13.8 Å². The quantitative estimate of drug-likeness (QED) is 0.398. The van der Waals surface area contributed by atoms with Crippen molar-refractivity contribution in [2.75, 3.05) is 26.2 Å². The molecule has 0 aliphatic heterocycles. The van der Waals surface area contributed by atoms with E-state index in [9.17, 15) is 0 Å². The van der Waals surface area contributed by atoms with E-state index >= 15 is 0 Å². The fourth-order valence-electron chi connectivity index (χ4n) is 0.490. The van der Waals surface area contributed by atoms with Crippen LogP contribution in [0, 0.1) is 0 Å². The standard InChI is InChI=1S/C6H16N2O/c1-3-7-5-6-8-9-4-2/h7-8H,3-6H2,1-2H3. The Morgan fingerprint density at radius 3 is 2.56 bits per heavy atom. The first-order chi connectivity index (χ1) is 4.41. The van der Waals surface area contributed by atoms with E-state index in [-0.39, 0.29) is 0 Å². The van der Waals surface area contributed by atoms with Crippen LogP contribution in [0.15, 0.2) is 0 Å². The first-order valence-corrected chi connectivity index (χ1v) is 3.47. The van der Waals surface area contributed by atoms with Crippen LogP contribution in [0.2, 0.25) is 0 Å². The minimum Gasteiger partial charge on any atom is -0.316 e. The predicted octanol–water partition coefficient (Wildman–Crippen LogP) is 0.137. The summed E-state index contributed by atoms with van der Waals surface area (Å²) in [4.78, 5) is 4.89. The molecule has 0 rings (SSSR count). The Hall–Kier alpha value is -0.120. The third-order valence-corrected chi connectivity index (χ3v) is 0.900. The van der Waals surface area contributed by atoms with E-state index in [0.717, 1.165) is 26.2 Å². The zero-order valence-corrected chi connectivity index (χ0v) is 6.24. The van der Waals surface area contributed by atoms with Gasteiger partial charge in [0.2, 0.25) is 0 Å². The minimum atomic E-state index is 0.728. The summed E-state index contributed by atoms with van der Waals surface area (Å²) < 4.78 is 0. The normalized spacial score (nSPS) is 10.0. The molecule has 0 fully saturated rings. The second-order valence-electron chi connectivity index (χ2n) is 1.68. The van der Waals surface area contributed by atoms with Gasteiger partial charge in [-0.1, -0.05) is 6.92 Å². The highest BCUT2D eigenvalue weighted by atomic mass is 16.6. The Kier molecular flexibility index (Phi) is 7.77. The van der Waals surface area contributed by atoms with Crippen LogP contribution in [-0.4, -0.2) is 26.2 Å². The van der Waals surface area contributed by atoms with Crippen LogP contribution in [0.4, 0.5) is 0 Å². The van der Waals surface area contributed by atoms with E-state index in [1.54, 1.807) is 0 Å². The van der Waals surface area contributed by atoms with Gasteiger partial charge in [-0.2, -0.15) is 0 Å². The summed E-state index contributed by atoms with van der Waals surface area (Å²) in [6, 6.07) is 0. The summed E-state index contributed by atoms with van der Waals surface area (Å²) in [5.41, 5.74) is 2.81. The van der Waals surface area contributed by atoms with E-state index in [1.807, 2.05) is 6.92 Å². The van der Waals surface area contributed by atoms with Crippen molar-refractivity contribution in [1.29, 1.82) is 0 Å². The topological polar surface area (TPSA) is 33.3 Å². The monoisotopic (exact) mass is 132 g/mol. The molecule has 0 atom stereocenters. The molecule has 0 heterocycles. The first-order valence-electron chi connectivity index (χ1n) is 3.47. The molecule has 0 aromatic rings. The van der Waals surface area contributed by atoms with Gasteiger partial charge in [0.1, 0.15) is 0 Å². The number of hydrogen-bond donors (Lipinski definition) is 2. The average Bonchev–Trinajstić information content (AvgIpc) is 1.89. The van der Waals surface area contributed by atoms with Crippen LogP contribution in [-0.2, 0) is 4.84 Å². The van der Waals surface area contributed by atoms with Gasteiger partial charge in [0.15, 0.2) is 0 Å². The lowest BCUT2D eigenvalue weighted by Gasteiger charge is -2.02. The maximum Gasteiger partial charge on any atom is 0.0653 e. The number of hydroxylamine groups is 1. The van der Waals surface area contributed by atoms with E-state index in [0.29, 0.717) is 0 Å². The Labute approximate surface area is 56.7 Å².